The van der Waals surface area contributed by atoms with Crippen molar-refractivity contribution < 1.29 is 19.5 Å². The SMILES string of the molecule is CCC(C)N(C)C(=O)N[C@H](CCC(N)=O)C(=O)O. The molecule has 1 unspecified atom stereocenters. The fourth-order valence-electron chi connectivity index (χ4n) is 1.27. The third-order valence-electron chi connectivity index (χ3n) is 2.85. The monoisotopic (exact) mass is 259 g/mol. The average molecular weight is 259 g/mol. The van der Waals surface area contributed by atoms with Crippen molar-refractivity contribution in [1.82, 2.24) is 10.2 Å². The Morgan fingerprint density at radius 3 is 2.33 bits per heavy atom. The third kappa shape index (κ3) is 5.51. The number of carbonyl (C=O) groups excluding carboxylic acids is 2. The zero-order valence-electron chi connectivity index (χ0n) is 11.0. The predicted molar refractivity (Wildman–Crippen MR) is 65.9 cm³/mol. The molecular formula is C11H21N3O4. The Balaban J connectivity index is 4.45. The summed E-state index contributed by atoms with van der Waals surface area (Å²) in [5, 5.41) is 11.3. The highest BCUT2D eigenvalue weighted by molar-refractivity contribution is 5.83. The Morgan fingerprint density at radius 2 is 1.94 bits per heavy atom. The summed E-state index contributed by atoms with van der Waals surface area (Å²) >= 11 is 0. The fourth-order valence-corrected chi connectivity index (χ4v) is 1.27. The summed E-state index contributed by atoms with van der Waals surface area (Å²) in [5.74, 6) is -1.77. The van der Waals surface area contributed by atoms with E-state index in [2.05, 4.69) is 5.32 Å². The van der Waals surface area contributed by atoms with Crippen molar-refractivity contribution >= 4 is 17.9 Å². The lowest BCUT2D eigenvalue weighted by atomic mass is 10.1. The molecule has 0 aliphatic rings. The number of nitrogens with zero attached hydrogens (tertiary/aromatic N) is 1. The molecule has 0 aromatic rings. The van der Waals surface area contributed by atoms with Crippen LogP contribution in [0.1, 0.15) is 33.1 Å². The van der Waals surface area contributed by atoms with E-state index in [1.165, 1.54) is 4.90 Å². The molecule has 0 radical (unpaired) electrons. The summed E-state index contributed by atoms with van der Waals surface area (Å²) in [4.78, 5) is 34.7. The van der Waals surface area contributed by atoms with Gasteiger partial charge < -0.3 is 21.1 Å². The number of amides is 3. The maximum Gasteiger partial charge on any atom is 0.326 e. The molecule has 18 heavy (non-hydrogen) atoms. The Bertz CT molecular complexity index is 319. The lowest BCUT2D eigenvalue weighted by Gasteiger charge is -2.26. The Morgan fingerprint density at radius 1 is 1.39 bits per heavy atom. The van der Waals surface area contributed by atoms with Crippen molar-refractivity contribution in [1.29, 1.82) is 0 Å². The van der Waals surface area contributed by atoms with Crippen LogP contribution in [0.25, 0.3) is 0 Å². The van der Waals surface area contributed by atoms with Crippen LogP contribution in [0.4, 0.5) is 4.79 Å². The summed E-state index contributed by atoms with van der Waals surface area (Å²) in [7, 11) is 1.59. The molecule has 0 bridgehead atoms. The van der Waals surface area contributed by atoms with Gasteiger partial charge in [0, 0.05) is 19.5 Å². The highest BCUT2D eigenvalue weighted by atomic mass is 16.4. The van der Waals surface area contributed by atoms with Gasteiger partial charge in [-0.1, -0.05) is 6.92 Å². The van der Waals surface area contributed by atoms with E-state index in [0.29, 0.717) is 0 Å². The zero-order chi connectivity index (χ0) is 14.3. The molecule has 0 saturated heterocycles. The van der Waals surface area contributed by atoms with Gasteiger partial charge in [0.05, 0.1) is 0 Å². The summed E-state index contributed by atoms with van der Waals surface area (Å²) in [6.07, 6.45) is 0.679. The Labute approximate surface area is 106 Å². The lowest BCUT2D eigenvalue weighted by Crippen LogP contribution is -2.49. The minimum absolute atomic E-state index is 0.00917. The van der Waals surface area contributed by atoms with Gasteiger partial charge in [0.25, 0.3) is 0 Å². The number of nitrogens with one attached hydrogen (secondary N) is 1. The first-order chi connectivity index (χ1) is 8.29. The van der Waals surface area contributed by atoms with Crippen LogP contribution in [0.5, 0.6) is 0 Å². The first kappa shape index (κ1) is 16.2. The van der Waals surface area contributed by atoms with Gasteiger partial charge in [0.1, 0.15) is 6.04 Å². The van der Waals surface area contributed by atoms with E-state index in [0.717, 1.165) is 6.42 Å². The minimum Gasteiger partial charge on any atom is -0.480 e. The number of hydrogen-bond donors (Lipinski definition) is 3. The number of hydrogen-bond acceptors (Lipinski definition) is 3. The molecule has 0 aromatic heterocycles. The molecule has 0 rings (SSSR count). The van der Waals surface area contributed by atoms with Gasteiger partial charge >= 0.3 is 12.0 Å². The number of nitrogens with two attached hydrogens (primary N) is 1. The first-order valence-corrected chi connectivity index (χ1v) is 5.84. The molecule has 0 saturated carbocycles. The van der Waals surface area contributed by atoms with Crippen molar-refractivity contribution in [2.75, 3.05) is 7.05 Å². The van der Waals surface area contributed by atoms with Crippen molar-refractivity contribution in [2.24, 2.45) is 5.73 Å². The molecule has 0 fully saturated rings. The average Bonchev–Trinajstić information content (AvgIpc) is 2.31. The number of carbonyl (C=O) groups is 3. The Kier molecular flexibility index (Phi) is 6.77. The molecule has 0 aliphatic carbocycles. The van der Waals surface area contributed by atoms with Crippen molar-refractivity contribution in [3.63, 3.8) is 0 Å². The molecule has 0 heterocycles. The molecule has 2 atom stereocenters. The largest absolute Gasteiger partial charge is 0.480 e. The highest BCUT2D eigenvalue weighted by Crippen LogP contribution is 2.03. The van der Waals surface area contributed by atoms with Gasteiger partial charge in [0.15, 0.2) is 0 Å². The molecule has 0 aliphatic heterocycles. The molecule has 7 nitrogen and oxygen atoms in total. The van der Waals surface area contributed by atoms with Gasteiger partial charge in [-0.3, -0.25) is 4.79 Å². The van der Waals surface area contributed by atoms with Crippen LogP contribution < -0.4 is 11.1 Å². The van der Waals surface area contributed by atoms with E-state index in [9.17, 15) is 14.4 Å². The van der Waals surface area contributed by atoms with E-state index < -0.39 is 23.9 Å². The standard InChI is InChI=1S/C11H21N3O4/c1-4-7(2)14(3)11(18)13-8(10(16)17)5-6-9(12)15/h7-8H,4-6H2,1-3H3,(H2,12,15)(H,13,18)(H,16,17)/t7?,8-/m1/s1. The number of carboxylic acid groups (broad SMARTS) is 1. The summed E-state index contributed by atoms with van der Waals surface area (Å²) in [6.45, 7) is 3.79. The summed E-state index contributed by atoms with van der Waals surface area (Å²) in [5.41, 5.74) is 4.95. The maximum atomic E-state index is 11.7. The van der Waals surface area contributed by atoms with Crippen LogP contribution in [-0.2, 0) is 9.59 Å². The minimum atomic E-state index is -1.18. The predicted octanol–water partition coefficient (Wildman–Crippen LogP) is 0.145. The van der Waals surface area contributed by atoms with Gasteiger partial charge in [-0.15, -0.1) is 0 Å². The number of primary amides is 1. The number of rotatable bonds is 7. The van der Waals surface area contributed by atoms with Crippen LogP contribution >= 0.6 is 0 Å². The molecule has 104 valence electrons. The van der Waals surface area contributed by atoms with Gasteiger partial charge in [0.2, 0.25) is 5.91 Å². The highest BCUT2D eigenvalue weighted by Gasteiger charge is 2.23. The van der Waals surface area contributed by atoms with Gasteiger partial charge in [-0.05, 0) is 19.8 Å². The fraction of sp³-hybridized carbons (Fsp3) is 0.727. The van der Waals surface area contributed by atoms with E-state index >= 15 is 0 Å². The molecule has 7 heteroatoms. The van der Waals surface area contributed by atoms with E-state index in [-0.39, 0.29) is 18.9 Å². The Hall–Kier alpha value is -1.79. The zero-order valence-corrected chi connectivity index (χ0v) is 11.0. The van der Waals surface area contributed by atoms with Crippen LogP contribution in [0.2, 0.25) is 0 Å². The van der Waals surface area contributed by atoms with Crippen molar-refractivity contribution in [2.45, 2.75) is 45.2 Å². The second-order valence-electron chi connectivity index (χ2n) is 4.21. The summed E-state index contributed by atoms with van der Waals surface area (Å²) in [6, 6.07) is -1.56. The van der Waals surface area contributed by atoms with E-state index in [1.54, 1.807) is 7.05 Å². The van der Waals surface area contributed by atoms with E-state index in [1.807, 2.05) is 13.8 Å². The smallest absolute Gasteiger partial charge is 0.326 e. The molecule has 0 spiro atoms. The maximum absolute atomic E-state index is 11.7. The second-order valence-corrected chi connectivity index (χ2v) is 4.21. The molecule has 4 N–H and O–H groups in total. The van der Waals surface area contributed by atoms with Gasteiger partial charge in [-0.2, -0.15) is 0 Å². The number of aliphatic carboxylic acids is 1. The van der Waals surface area contributed by atoms with Crippen LogP contribution in [0, 0.1) is 0 Å². The number of urea groups is 1. The quantitative estimate of drug-likeness (QED) is 0.603. The van der Waals surface area contributed by atoms with E-state index in [4.69, 9.17) is 10.8 Å². The van der Waals surface area contributed by atoms with Crippen molar-refractivity contribution in [3.8, 4) is 0 Å². The molecule has 0 aromatic carbocycles. The van der Waals surface area contributed by atoms with Crippen LogP contribution in [0.15, 0.2) is 0 Å². The van der Waals surface area contributed by atoms with Crippen LogP contribution in [0.3, 0.4) is 0 Å². The molecule has 3 amide bonds. The lowest BCUT2D eigenvalue weighted by molar-refractivity contribution is -0.139. The third-order valence-corrected chi connectivity index (χ3v) is 2.85. The molecular weight excluding hydrogens is 238 g/mol. The normalized spacial score (nSPS) is 13.5. The summed E-state index contributed by atoms with van der Waals surface area (Å²) < 4.78 is 0. The first-order valence-electron chi connectivity index (χ1n) is 5.84. The van der Waals surface area contributed by atoms with Crippen LogP contribution in [-0.4, -0.2) is 47.0 Å². The topological polar surface area (TPSA) is 113 Å². The van der Waals surface area contributed by atoms with Crippen molar-refractivity contribution in [3.05, 3.63) is 0 Å². The van der Waals surface area contributed by atoms with Gasteiger partial charge in [-0.25, -0.2) is 9.59 Å². The number of carboxylic acids is 1. The second kappa shape index (κ2) is 7.52.